The SMILES string of the molecule is CSc1nc(-c2cn(C)c(=O)c3[nH]ccc23)ccc1C1CC1. The van der Waals surface area contributed by atoms with E-state index in [2.05, 4.69) is 23.4 Å². The van der Waals surface area contributed by atoms with Crippen molar-refractivity contribution in [2.24, 2.45) is 7.05 Å². The van der Waals surface area contributed by atoms with Crippen molar-refractivity contribution < 1.29 is 0 Å². The van der Waals surface area contributed by atoms with E-state index in [0.717, 1.165) is 21.7 Å². The highest BCUT2D eigenvalue weighted by Crippen LogP contribution is 2.44. The second kappa shape index (κ2) is 5.02. The molecule has 0 amide bonds. The molecule has 0 unspecified atom stereocenters. The van der Waals surface area contributed by atoms with Crippen molar-refractivity contribution in [3.05, 3.63) is 46.5 Å². The van der Waals surface area contributed by atoms with Crippen molar-refractivity contribution >= 4 is 22.7 Å². The predicted molar refractivity (Wildman–Crippen MR) is 90.5 cm³/mol. The molecule has 0 atom stereocenters. The molecule has 3 heterocycles. The fourth-order valence-electron chi connectivity index (χ4n) is 2.94. The van der Waals surface area contributed by atoms with E-state index in [-0.39, 0.29) is 5.56 Å². The van der Waals surface area contributed by atoms with Gasteiger partial charge in [0.15, 0.2) is 0 Å². The second-order valence-corrected chi connectivity index (χ2v) is 6.59. The maximum atomic E-state index is 12.2. The summed E-state index contributed by atoms with van der Waals surface area (Å²) < 4.78 is 1.61. The Morgan fingerprint density at radius 3 is 2.86 bits per heavy atom. The number of fused-ring (bicyclic) bond motifs is 1. The van der Waals surface area contributed by atoms with Crippen molar-refractivity contribution in [1.82, 2.24) is 14.5 Å². The topological polar surface area (TPSA) is 50.7 Å². The number of nitrogens with zero attached hydrogens (tertiary/aromatic N) is 2. The van der Waals surface area contributed by atoms with E-state index in [0.29, 0.717) is 11.4 Å². The van der Waals surface area contributed by atoms with E-state index in [4.69, 9.17) is 4.98 Å². The number of aryl methyl sites for hydroxylation is 1. The molecule has 1 saturated carbocycles. The van der Waals surface area contributed by atoms with Crippen molar-refractivity contribution in [3.8, 4) is 11.3 Å². The van der Waals surface area contributed by atoms with E-state index in [9.17, 15) is 4.79 Å². The average Bonchev–Trinajstić information content (AvgIpc) is 3.26. The lowest BCUT2D eigenvalue weighted by molar-refractivity contribution is 0.870. The Morgan fingerprint density at radius 1 is 1.32 bits per heavy atom. The lowest BCUT2D eigenvalue weighted by Crippen LogP contribution is -2.16. The zero-order chi connectivity index (χ0) is 15.3. The Bertz CT molecular complexity index is 921. The molecule has 3 aromatic rings. The molecule has 4 rings (SSSR count). The van der Waals surface area contributed by atoms with Gasteiger partial charge in [-0.1, -0.05) is 6.07 Å². The minimum absolute atomic E-state index is 0.0107. The number of thioether (sulfide) groups is 1. The van der Waals surface area contributed by atoms with E-state index < -0.39 is 0 Å². The zero-order valence-corrected chi connectivity index (χ0v) is 13.4. The molecule has 4 nitrogen and oxygen atoms in total. The van der Waals surface area contributed by atoms with Crippen LogP contribution >= 0.6 is 11.8 Å². The third kappa shape index (κ3) is 2.08. The number of hydrogen-bond acceptors (Lipinski definition) is 3. The Kier molecular flexibility index (Phi) is 3.11. The van der Waals surface area contributed by atoms with Gasteiger partial charge in [0.1, 0.15) is 5.52 Å². The molecule has 0 saturated heterocycles. The molecule has 0 aromatic carbocycles. The van der Waals surface area contributed by atoms with Gasteiger partial charge >= 0.3 is 0 Å². The van der Waals surface area contributed by atoms with Crippen molar-refractivity contribution in [3.63, 3.8) is 0 Å². The first-order valence-electron chi connectivity index (χ1n) is 7.41. The summed E-state index contributed by atoms with van der Waals surface area (Å²) in [5.74, 6) is 0.691. The summed E-state index contributed by atoms with van der Waals surface area (Å²) in [7, 11) is 1.78. The van der Waals surface area contributed by atoms with Crippen LogP contribution in [0.3, 0.4) is 0 Å². The van der Waals surface area contributed by atoms with Crippen LogP contribution in [-0.4, -0.2) is 20.8 Å². The van der Waals surface area contributed by atoms with E-state index >= 15 is 0 Å². The number of nitrogens with one attached hydrogen (secondary N) is 1. The molecule has 1 fully saturated rings. The van der Waals surface area contributed by atoms with E-state index in [1.165, 1.54) is 18.4 Å². The lowest BCUT2D eigenvalue weighted by Gasteiger charge is -2.10. The largest absolute Gasteiger partial charge is 0.357 e. The van der Waals surface area contributed by atoms with Gasteiger partial charge in [0.05, 0.1) is 10.7 Å². The van der Waals surface area contributed by atoms with Crippen LogP contribution in [0.5, 0.6) is 0 Å². The maximum absolute atomic E-state index is 12.2. The van der Waals surface area contributed by atoms with Crippen LogP contribution in [0, 0.1) is 0 Å². The molecule has 0 spiro atoms. The summed E-state index contributed by atoms with van der Waals surface area (Å²) in [6.45, 7) is 0. The maximum Gasteiger partial charge on any atom is 0.274 e. The average molecular weight is 311 g/mol. The van der Waals surface area contributed by atoms with Gasteiger partial charge in [0.2, 0.25) is 0 Å². The molecule has 0 aliphatic heterocycles. The van der Waals surface area contributed by atoms with Crippen LogP contribution < -0.4 is 5.56 Å². The second-order valence-electron chi connectivity index (χ2n) is 5.79. The minimum Gasteiger partial charge on any atom is -0.357 e. The molecule has 1 aliphatic carbocycles. The highest BCUT2D eigenvalue weighted by Gasteiger charge is 2.27. The fraction of sp³-hybridized carbons (Fsp3) is 0.294. The molecule has 1 aliphatic rings. The highest BCUT2D eigenvalue weighted by molar-refractivity contribution is 7.98. The first-order valence-corrected chi connectivity index (χ1v) is 8.63. The Morgan fingerprint density at radius 2 is 2.14 bits per heavy atom. The van der Waals surface area contributed by atoms with Gasteiger partial charge in [-0.2, -0.15) is 0 Å². The first-order chi connectivity index (χ1) is 10.7. The summed E-state index contributed by atoms with van der Waals surface area (Å²) in [5.41, 5.74) is 3.92. The number of pyridine rings is 2. The first kappa shape index (κ1) is 13.6. The molecular formula is C17H17N3OS. The van der Waals surface area contributed by atoms with Crippen LogP contribution in [0.25, 0.3) is 22.2 Å². The van der Waals surface area contributed by atoms with E-state index in [1.54, 1.807) is 23.4 Å². The molecule has 1 N–H and O–H groups in total. The van der Waals surface area contributed by atoms with Crippen LogP contribution in [0.4, 0.5) is 0 Å². The van der Waals surface area contributed by atoms with Crippen LogP contribution in [0.1, 0.15) is 24.3 Å². The number of aromatic amines is 1. The van der Waals surface area contributed by atoms with Gasteiger partial charge in [-0.3, -0.25) is 4.79 Å². The quantitative estimate of drug-likeness (QED) is 0.753. The number of aromatic nitrogens is 3. The number of rotatable bonds is 3. The Hall–Kier alpha value is -2.01. The molecule has 0 bridgehead atoms. The Labute approximate surface area is 132 Å². The summed E-state index contributed by atoms with van der Waals surface area (Å²) in [5, 5.41) is 2.04. The van der Waals surface area contributed by atoms with Gasteiger partial charge in [-0.05, 0) is 42.7 Å². The number of H-pyrrole nitrogens is 1. The van der Waals surface area contributed by atoms with Gasteiger partial charge < -0.3 is 9.55 Å². The van der Waals surface area contributed by atoms with Crippen molar-refractivity contribution in [2.45, 2.75) is 23.8 Å². The molecule has 22 heavy (non-hydrogen) atoms. The van der Waals surface area contributed by atoms with Crippen molar-refractivity contribution in [2.75, 3.05) is 6.26 Å². The lowest BCUT2D eigenvalue weighted by atomic mass is 10.1. The summed E-state index contributed by atoms with van der Waals surface area (Å²) in [6.07, 6.45) is 8.31. The molecule has 3 aromatic heterocycles. The third-order valence-corrected chi connectivity index (χ3v) is 4.98. The smallest absolute Gasteiger partial charge is 0.274 e. The van der Waals surface area contributed by atoms with Gasteiger partial charge in [0, 0.05) is 30.4 Å². The zero-order valence-electron chi connectivity index (χ0n) is 12.6. The summed E-state index contributed by atoms with van der Waals surface area (Å²) >= 11 is 1.70. The summed E-state index contributed by atoms with van der Waals surface area (Å²) in [4.78, 5) is 20.1. The van der Waals surface area contributed by atoms with Gasteiger partial charge in [0.25, 0.3) is 5.56 Å². The molecule has 5 heteroatoms. The monoisotopic (exact) mass is 311 g/mol. The Balaban J connectivity index is 1.93. The van der Waals surface area contributed by atoms with Crippen LogP contribution in [0.15, 0.2) is 40.4 Å². The normalized spacial score (nSPS) is 14.6. The fourth-order valence-corrected chi connectivity index (χ4v) is 3.60. The molecular weight excluding hydrogens is 294 g/mol. The van der Waals surface area contributed by atoms with Gasteiger partial charge in [-0.25, -0.2) is 4.98 Å². The van der Waals surface area contributed by atoms with E-state index in [1.807, 2.05) is 18.5 Å². The highest BCUT2D eigenvalue weighted by atomic mass is 32.2. The minimum atomic E-state index is -0.0107. The summed E-state index contributed by atoms with van der Waals surface area (Å²) in [6, 6.07) is 6.23. The van der Waals surface area contributed by atoms with Crippen LogP contribution in [0.2, 0.25) is 0 Å². The third-order valence-electron chi connectivity index (χ3n) is 4.27. The number of hydrogen-bond donors (Lipinski definition) is 1. The molecule has 0 radical (unpaired) electrons. The van der Waals surface area contributed by atoms with Crippen LogP contribution in [-0.2, 0) is 7.05 Å². The standard InChI is InChI=1S/C17H17N3OS/c1-20-9-13(12-7-8-18-15(12)17(20)21)14-6-5-11(10-3-4-10)16(19-14)22-2/h5-10,18H,3-4H2,1-2H3. The molecule has 112 valence electrons. The predicted octanol–water partition coefficient (Wildman–Crippen LogP) is 3.53. The van der Waals surface area contributed by atoms with Crippen molar-refractivity contribution in [1.29, 1.82) is 0 Å². The van der Waals surface area contributed by atoms with Gasteiger partial charge in [-0.15, -0.1) is 11.8 Å².